The van der Waals surface area contributed by atoms with E-state index in [-0.39, 0.29) is 11.7 Å². The predicted molar refractivity (Wildman–Crippen MR) is 55.3 cm³/mol. The van der Waals surface area contributed by atoms with Gasteiger partial charge < -0.3 is 0 Å². The van der Waals surface area contributed by atoms with Crippen molar-refractivity contribution in [2.75, 3.05) is 5.88 Å². The zero-order valence-electron chi connectivity index (χ0n) is 7.93. The van der Waals surface area contributed by atoms with Crippen molar-refractivity contribution in [1.82, 2.24) is 0 Å². The van der Waals surface area contributed by atoms with E-state index in [2.05, 4.69) is 0 Å². The third-order valence-electron chi connectivity index (χ3n) is 2.04. The molecule has 0 spiro atoms. The van der Waals surface area contributed by atoms with Crippen molar-refractivity contribution in [3.05, 3.63) is 34.9 Å². The van der Waals surface area contributed by atoms with E-state index in [0.29, 0.717) is 6.42 Å². The molecule has 0 atom stereocenters. The van der Waals surface area contributed by atoms with Gasteiger partial charge >= 0.3 is 0 Å². The lowest BCUT2D eigenvalue weighted by molar-refractivity contribution is -0.116. The van der Waals surface area contributed by atoms with Crippen molar-refractivity contribution in [2.24, 2.45) is 0 Å². The molecular formula is C11H13ClO. The molecule has 70 valence electrons. The Hall–Kier alpha value is -0.820. The van der Waals surface area contributed by atoms with E-state index in [4.69, 9.17) is 11.6 Å². The van der Waals surface area contributed by atoms with Crippen molar-refractivity contribution in [1.29, 1.82) is 0 Å². The molecular weight excluding hydrogens is 184 g/mol. The molecule has 0 unspecified atom stereocenters. The molecule has 1 aromatic carbocycles. The van der Waals surface area contributed by atoms with E-state index in [1.807, 2.05) is 32.0 Å². The highest BCUT2D eigenvalue weighted by Crippen LogP contribution is 2.11. The number of aryl methyl sites for hydroxylation is 2. The van der Waals surface area contributed by atoms with Gasteiger partial charge in [-0.1, -0.05) is 23.8 Å². The summed E-state index contributed by atoms with van der Waals surface area (Å²) in [5.41, 5.74) is 3.43. The minimum atomic E-state index is 0.0790. The Morgan fingerprint density at radius 1 is 1.38 bits per heavy atom. The predicted octanol–water partition coefficient (Wildman–Crippen LogP) is 2.65. The summed E-state index contributed by atoms with van der Waals surface area (Å²) in [6.45, 7) is 4.03. The van der Waals surface area contributed by atoms with Crippen LogP contribution >= 0.6 is 11.6 Å². The summed E-state index contributed by atoms with van der Waals surface area (Å²) in [5, 5.41) is 0. The van der Waals surface area contributed by atoms with Crippen LogP contribution in [0.4, 0.5) is 0 Å². The van der Waals surface area contributed by atoms with Crippen LogP contribution in [0.5, 0.6) is 0 Å². The van der Waals surface area contributed by atoms with Crippen LogP contribution in [-0.2, 0) is 11.2 Å². The summed E-state index contributed by atoms with van der Waals surface area (Å²) < 4.78 is 0. The molecule has 0 aliphatic rings. The number of halogens is 1. The molecule has 0 heterocycles. The maximum absolute atomic E-state index is 11.1. The summed E-state index contributed by atoms with van der Waals surface area (Å²) in [7, 11) is 0. The monoisotopic (exact) mass is 196 g/mol. The molecule has 1 rings (SSSR count). The summed E-state index contributed by atoms with van der Waals surface area (Å²) >= 11 is 5.44. The summed E-state index contributed by atoms with van der Waals surface area (Å²) in [6, 6.07) is 6.12. The quantitative estimate of drug-likeness (QED) is 0.680. The summed E-state index contributed by atoms with van der Waals surface area (Å²) in [5.74, 6) is 0.184. The third kappa shape index (κ3) is 2.85. The fraction of sp³-hybridized carbons (Fsp3) is 0.364. The van der Waals surface area contributed by atoms with Crippen LogP contribution in [0.3, 0.4) is 0 Å². The number of benzene rings is 1. The van der Waals surface area contributed by atoms with Crippen molar-refractivity contribution in [3.8, 4) is 0 Å². The summed E-state index contributed by atoms with van der Waals surface area (Å²) in [4.78, 5) is 11.1. The van der Waals surface area contributed by atoms with Gasteiger partial charge in [-0.05, 0) is 25.0 Å². The lowest BCUT2D eigenvalue weighted by Crippen LogP contribution is -2.05. The van der Waals surface area contributed by atoms with E-state index >= 15 is 0 Å². The van der Waals surface area contributed by atoms with Crippen molar-refractivity contribution in [3.63, 3.8) is 0 Å². The molecule has 0 aliphatic carbocycles. The molecule has 0 radical (unpaired) electrons. The number of ketones is 1. The molecule has 1 aromatic rings. The molecule has 0 amide bonds. The van der Waals surface area contributed by atoms with Gasteiger partial charge in [0.05, 0.1) is 5.88 Å². The number of carbonyl (C=O) groups is 1. The fourth-order valence-electron chi connectivity index (χ4n) is 1.25. The van der Waals surface area contributed by atoms with Crippen molar-refractivity contribution >= 4 is 17.4 Å². The molecule has 0 fully saturated rings. The Morgan fingerprint density at radius 2 is 2.08 bits per heavy atom. The highest BCUT2D eigenvalue weighted by atomic mass is 35.5. The Bertz CT molecular complexity index is 318. The second-order valence-electron chi connectivity index (χ2n) is 3.28. The van der Waals surface area contributed by atoms with Crippen LogP contribution in [-0.4, -0.2) is 11.7 Å². The number of hydrogen-bond acceptors (Lipinski definition) is 1. The lowest BCUT2D eigenvalue weighted by Gasteiger charge is -2.04. The molecule has 0 saturated heterocycles. The molecule has 0 N–H and O–H groups in total. The number of rotatable bonds is 3. The SMILES string of the molecule is Cc1ccc(C)c(CC(=O)CCl)c1. The molecule has 2 heteroatoms. The van der Waals surface area contributed by atoms with Crippen LogP contribution in [0.25, 0.3) is 0 Å². The van der Waals surface area contributed by atoms with E-state index < -0.39 is 0 Å². The van der Waals surface area contributed by atoms with Gasteiger partial charge in [0.25, 0.3) is 0 Å². The minimum Gasteiger partial charge on any atom is -0.298 e. The Balaban J connectivity index is 2.87. The Kier molecular flexibility index (Phi) is 3.49. The fourth-order valence-corrected chi connectivity index (χ4v) is 1.34. The van der Waals surface area contributed by atoms with Gasteiger partial charge in [-0.2, -0.15) is 0 Å². The van der Waals surface area contributed by atoms with E-state index in [0.717, 1.165) is 11.1 Å². The molecule has 0 aromatic heterocycles. The average molecular weight is 197 g/mol. The zero-order chi connectivity index (χ0) is 9.84. The first-order chi connectivity index (χ1) is 6.13. The number of hydrogen-bond donors (Lipinski definition) is 0. The lowest BCUT2D eigenvalue weighted by atomic mass is 10.0. The van der Waals surface area contributed by atoms with Crippen molar-refractivity contribution in [2.45, 2.75) is 20.3 Å². The Labute approximate surface area is 83.7 Å². The van der Waals surface area contributed by atoms with Gasteiger partial charge in [0.2, 0.25) is 0 Å². The first kappa shape index (κ1) is 10.3. The largest absolute Gasteiger partial charge is 0.298 e. The maximum Gasteiger partial charge on any atom is 0.151 e. The second kappa shape index (κ2) is 4.43. The van der Waals surface area contributed by atoms with Gasteiger partial charge in [-0.3, -0.25) is 4.79 Å². The Morgan fingerprint density at radius 3 is 2.69 bits per heavy atom. The van der Waals surface area contributed by atoms with E-state index in [1.165, 1.54) is 5.56 Å². The number of Topliss-reactive ketones (excluding diaryl/α,β-unsaturated/α-hetero) is 1. The standard InChI is InChI=1S/C11H13ClO/c1-8-3-4-9(2)10(5-8)6-11(13)7-12/h3-5H,6-7H2,1-2H3. The van der Waals surface area contributed by atoms with Crippen molar-refractivity contribution < 1.29 is 4.79 Å². The van der Waals surface area contributed by atoms with Gasteiger partial charge in [-0.15, -0.1) is 11.6 Å². The highest BCUT2D eigenvalue weighted by Gasteiger charge is 2.04. The van der Waals surface area contributed by atoms with E-state index in [9.17, 15) is 4.79 Å². The van der Waals surface area contributed by atoms with E-state index in [1.54, 1.807) is 0 Å². The molecule has 0 bridgehead atoms. The molecule has 0 saturated carbocycles. The highest BCUT2D eigenvalue weighted by molar-refractivity contribution is 6.27. The molecule has 13 heavy (non-hydrogen) atoms. The van der Waals surface area contributed by atoms with Crippen LogP contribution in [0.1, 0.15) is 16.7 Å². The second-order valence-corrected chi connectivity index (χ2v) is 3.55. The number of alkyl halides is 1. The van der Waals surface area contributed by atoms with Gasteiger partial charge in [0.1, 0.15) is 0 Å². The number of carbonyl (C=O) groups excluding carboxylic acids is 1. The first-order valence-corrected chi connectivity index (χ1v) is 4.80. The van der Waals surface area contributed by atoms with Gasteiger partial charge in [0.15, 0.2) is 5.78 Å². The van der Waals surface area contributed by atoms with Gasteiger partial charge in [-0.25, -0.2) is 0 Å². The van der Waals surface area contributed by atoms with Gasteiger partial charge in [0, 0.05) is 6.42 Å². The maximum atomic E-state index is 11.1. The third-order valence-corrected chi connectivity index (χ3v) is 2.34. The smallest absolute Gasteiger partial charge is 0.151 e. The molecule has 1 nitrogen and oxygen atoms in total. The molecule has 0 aliphatic heterocycles. The topological polar surface area (TPSA) is 17.1 Å². The van der Waals surface area contributed by atoms with Crippen LogP contribution in [0.15, 0.2) is 18.2 Å². The normalized spacial score (nSPS) is 10.1. The minimum absolute atomic E-state index is 0.0790. The zero-order valence-corrected chi connectivity index (χ0v) is 8.69. The van der Waals surface area contributed by atoms with Crippen LogP contribution in [0.2, 0.25) is 0 Å². The average Bonchev–Trinajstić information content (AvgIpc) is 2.11. The van der Waals surface area contributed by atoms with Crippen LogP contribution < -0.4 is 0 Å². The summed E-state index contributed by atoms with van der Waals surface area (Å²) in [6.07, 6.45) is 0.455. The van der Waals surface area contributed by atoms with Crippen LogP contribution in [0, 0.1) is 13.8 Å². The first-order valence-electron chi connectivity index (χ1n) is 4.27.